The van der Waals surface area contributed by atoms with E-state index in [4.69, 9.17) is 4.74 Å². The lowest BCUT2D eigenvalue weighted by molar-refractivity contribution is -0.119. The van der Waals surface area contributed by atoms with Crippen molar-refractivity contribution in [2.24, 2.45) is 0 Å². The summed E-state index contributed by atoms with van der Waals surface area (Å²) in [6.45, 7) is 0.548. The van der Waals surface area contributed by atoms with Crippen LogP contribution in [0.5, 0.6) is 17.2 Å². The molecule has 1 aromatic carbocycles. The third kappa shape index (κ3) is 1.76. The first-order chi connectivity index (χ1) is 7.61. The highest BCUT2D eigenvalue weighted by Crippen LogP contribution is 2.39. The van der Waals surface area contributed by atoms with Crippen LogP contribution in [0, 0.1) is 0 Å². The van der Waals surface area contributed by atoms with Gasteiger partial charge in [-0.25, -0.2) is 0 Å². The molecule has 0 saturated carbocycles. The third-order valence-corrected chi connectivity index (χ3v) is 2.75. The number of hydrogen-bond acceptors (Lipinski definition) is 4. The van der Waals surface area contributed by atoms with E-state index in [2.05, 4.69) is 5.32 Å². The van der Waals surface area contributed by atoms with Gasteiger partial charge in [-0.15, -0.1) is 0 Å². The maximum absolute atomic E-state index is 11.1. The van der Waals surface area contributed by atoms with Crippen LogP contribution in [0.25, 0.3) is 0 Å². The van der Waals surface area contributed by atoms with Gasteiger partial charge in [-0.05, 0) is 17.7 Å². The van der Waals surface area contributed by atoms with E-state index in [1.54, 1.807) is 6.07 Å². The van der Waals surface area contributed by atoms with E-state index in [9.17, 15) is 15.0 Å². The van der Waals surface area contributed by atoms with Gasteiger partial charge in [0, 0.05) is 18.9 Å². The van der Waals surface area contributed by atoms with Crippen molar-refractivity contribution < 1.29 is 19.7 Å². The second-order valence-corrected chi connectivity index (χ2v) is 3.80. The predicted octanol–water partition coefficient (Wildman–Crippen LogP) is 0.710. The van der Waals surface area contributed by atoms with Crippen LogP contribution in [-0.2, 0) is 4.79 Å². The molecule has 1 saturated heterocycles. The molecule has 5 nitrogen and oxygen atoms in total. The molecule has 0 spiro atoms. The van der Waals surface area contributed by atoms with Crippen molar-refractivity contribution in [1.29, 1.82) is 0 Å². The molecule has 1 heterocycles. The van der Waals surface area contributed by atoms with Crippen molar-refractivity contribution in [3.05, 3.63) is 17.7 Å². The molecule has 0 aromatic heterocycles. The molecule has 1 aliphatic rings. The molecular formula is C11H13NO4. The molecule has 3 N–H and O–H groups in total. The molecule has 1 fully saturated rings. The molecule has 1 atom stereocenters. The van der Waals surface area contributed by atoms with E-state index in [1.807, 2.05) is 0 Å². The summed E-state index contributed by atoms with van der Waals surface area (Å²) in [6, 6.07) is 3.10. The second-order valence-electron chi connectivity index (χ2n) is 3.80. The fourth-order valence-corrected chi connectivity index (χ4v) is 1.85. The Bertz CT molecular complexity index is 430. The zero-order chi connectivity index (χ0) is 11.7. The quantitative estimate of drug-likeness (QED) is 0.645. The molecule has 1 aromatic rings. The summed E-state index contributed by atoms with van der Waals surface area (Å²) >= 11 is 0. The Morgan fingerprint density at radius 2 is 2.19 bits per heavy atom. The summed E-state index contributed by atoms with van der Waals surface area (Å²) in [4.78, 5) is 11.1. The summed E-state index contributed by atoms with van der Waals surface area (Å²) in [7, 11) is 1.41. The molecule has 1 unspecified atom stereocenters. The Hall–Kier alpha value is -1.91. The van der Waals surface area contributed by atoms with Crippen LogP contribution in [0.2, 0.25) is 0 Å². The number of benzene rings is 1. The van der Waals surface area contributed by atoms with Crippen molar-refractivity contribution in [3.8, 4) is 17.2 Å². The van der Waals surface area contributed by atoms with Crippen LogP contribution < -0.4 is 10.1 Å². The number of phenolic OH excluding ortho intramolecular Hbond substituents is 2. The van der Waals surface area contributed by atoms with E-state index in [1.165, 1.54) is 13.2 Å². The zero-order valence-corrected chi connectivity index (χ0v) is 8.86. The Balaban J connectivity index is 2.35. The van der Waals surface area contributed by atoms with E-state index >= 15 is 0 Å². The number of rotatable bonds is 2. The van der Waals surface area contributed by atoms with E-state index in [-0.39, 0.29) is 29.1 Å². The highest BCUT2D eigenvalue weighted by Gasteiger charge is 2.24. The molecule has 5 heteroatoms. The smallest absolute Gasteiger partial charge is 0.220 e. The lowest BCUT2D eigenvalue weighted by Crippen LogP contribution is -2.13. The monoisotopic (exact) mass is 223 g/mol. The molecule has 0 aliphatic carbocycles. The highest BCUT2D eigenvalue weighted by atomic mass is 16.5. The standard InChI is InChI=1S/C11H13NO4/c1-16-9-3-6(2-8(13)11(9)15)7-4-10(14)12-5-7/h2-3,7,13,15H,4-5H2,1H3,(H,12,14). The first-order valence-electron chi connectivity index (χ1n) is 4.98. The van der Waals surface area contributed by atoms with Crippen LogP contribution in [0.4, 0.5) is 0 Å². The van der Waals surface area contributed by atoms with Gasteiger partial charge in [0.05, 0.1) is 7.11 Å². The van der Waals surface area contributed by atoms with Crippen LogP contribution in [0.15, 0.2) is 12.1 Å². The number of ether oxygens (including phenoxy) is 1. The molecule has 1 amide bonds. The van der Waals surface area contributed by atoms with Gasteiger partial charge < -0.3 is 20.3 Å². The number of carbonyl (C=O) groups is 1. The Morgan fingerprint density at radius 1 is 1.44 bits per heavy atom. The van der Waals surface area contributed by atoms with Crippen LogP contribution in [0.1, 0.15) is 17.9 Å². The van der Waals surface area contributed by atoms with E-state index < -0.39 is 0 Å². The number of amides is 1. The van der Waals surface area contributed by atoms with Crippen molar-refractivity contribution in [3.63, 3.8) is 0 Å². The molecular weight excluding hydrogens is 210 g/mol. The van der Waals surface area contributed by atoms with Crippen LogP contribution in [-0.4, -0.2) is 29.8 Å². The minimum atomic E-state index is -0.275. The summed E-state index contributed by atoms with van der Waals surface area (Å²) in [5.41, 5.74) is 0.783. The molecule has 0 radical (unpaired) electrons. The minimum Gasteiger partial charge on any atom is -0.504 e. The number of carbonyl (C=O) groups excluding carboxylic acids is 1. The molecule has 2 rings (SSSR count). The Morgan fingerprint density at radius 3 is 2.75 bits per heavy atom. The van der Waals surface area contributed by atoms with Gasteiger partial charge >= 0.3 is 0 Å². The topological polar surface area (TPSA) is 78.8 Å². The number of hydrogen-bond donors (Lipinski definition) is 3. The van der Waals surface area contributed by atoms with Crippen molar-refractivity contribution in [2.75, 3.05) is 13.7 Å². The van der Waals surface area contributed by atoms with Gasteiger partial charge in [0.2, 0.25) is 11.7 Å². The Labute approximate surface area is 92.7 Å². The SMILES string of the molecule is COc1cc(C2CNC(=O)C2)cc(O)c1O. The third-order valence-electron chi connectivity index (χ3n) is 2.75. The van der Waals surface area contributed by atoms with Gasteiger partial charge in [-0.2, -0.15) is 0 Å². The van der Waals surface area contributed by atoms with Gasteiger partial charge in [0.15, 0.2) is 11.5 Å². The van der Waals surface area contributed by atoms with Crippen molar-refractivity contribution in [1.82, 2.24) is 5.32 Å². The first-order valence-corrected chi connectivity index (χ1v) is 4.98. The zero-order valence-electron chi connectivity index (χ0n) is 8.86. The largest absolute Gasteiger partial charge is 0.504 e. The summed E-state index contributed by atoms with van der Waals surface area (Å²) in [5, 5.41) is 21.7. The van der Waals surface area contributed by atoms with Crippen molar-refractivity contribution >= 4 is 5.91 Å². The number of methoxy groups -OCH3 is 1. The summed E-state index contributed by atoms with van der Waals surface area (Å²) < 4.78 is 4.94. The fourth-order valence-electron chi connectivity index (χ4n) is 1.85. The average Bonchev–Trinajstić information content (AvgIpc) is 2.69. The van der Waals surface area contributed by atoms with Gasteiger partial charge in [-0.1, -0.05) is 0 Å². The maximum atomic E-state index is 11.1. The average molecular weight is 223 g/mol. The van der Waals surface area contributed by atoms with Crippen LogP contribution in [0.3, 0.4) is 0 Å². The van der Waals surface area contributed by atoms with E-state index in [0.717, 1.165) is 5.56 Å². The predicted molar refractivity (Wildman–Crippen MR) is 56.7 cm³/mol. The lowest BCUT2D eigenvalue weighted by atomic mass is 9.97. The van der Waals surface area contributed by atoms with Gasteiger partial charge in [0.25, 0.3) is 0 Å². The molecule has 1 aliphatic heterocycles. The van der Waals surface area contributed by atoms with Gasteiger partial charge in [-0.3, -0.25) is 4.79 Å². The molecule has 86 valence electrons. The normalized spacial score (nSPS) is 19.6. The molecule has 0 bridgehead atoms. The van der Waals surface area contributed by atoms with Crippen LogP contribution >= 0.6 is 0 Å². The fraction of sp³-hybridized carbons (Fsp3) is 0.364. The second kappa shape index (κ2) is 3.92. The first kappa shape index (κ1) is 10.6. The lowest BCUT2D eigenvalue weighted by Gasteiger charge is -2.12. The maximum Gasteiger partial charge on any atom is 0.220 e. The number of nitrogens with one attached hydrogen (secondary N) is 1. The highest BCUT2D eigenvalue weighted by molar-refractivity contribution is 5.79. The summed E-state index contributed by atoms with van der Waals surface area (Å²) in [6.07, 6.45) is 0.396. The molecule has 16 heavy (non-hydrogen) atoms. The van der Waals surface area contributed by atoms with Gasteiger partial charge in [0.1, 0.15) is 0 Å². The number of aromatic hydroxyl groups is 2. The number of phenols is 2. The minimum absolute atomic E-state index is 0.00321. The van der Waals surface area contributed by atoms with Crippen molar-refractivity contribution in [2.45, 2.75) is 12.3 Å². The Kier molecular flexibility index (Phi) is 2.60. The summed E-state index contributed by atoms with van der Waals surface area (Å²) in [5.74, 6) is -0.268. The van der Waals surface area contributed by atoms with E-state index in [0.29, 0.717) is 13.0 Å².